The van der Waals surface area contributed by atoms with Crippen molar-refractivity contribution in [2.45, 2.75) is 26.9 Å². The van der Waals surface area contributed by atoms with Crippen LogP contribution in [0.4, 0.5) is 19.0 Å². The van der Waals surface area contributed by atoms with Crippen LogP contribution in [0.3, 0.4) is 0 Å². The molecule has 0 unspecified atom stereocenters. The van der Waals surface area contributed by atoms with Crippen molar-refractivity contribution in [2.75, 3.05) is 31.1 Å². The lowest BCUT2D eigenvalue weighted by molar-refractivity contribution is -0.141. The van der Waals surface area contributed by atoms with Crippen LogP contribution < -0.4 is 4.90 Å². The van der Waals surface area contributed by atoms with Gasteiger partial charge in [-0.1, -0.05) is 17.7 Å². The first-order chi connectivity index (χ1) is 15.1. The van der Waals surface area contributed by atoms with Crippen molar-refractivity contribution >= 4 is 11.7 Å². The molecule has 0 spiro atoms. The van der Waals surface area contributed by atoms with Crippen LogP contribution in [0.15, 0.2) is 30.3 Å². The Bertz CT molecular complexity index is 1150. The second kappa shape index (κ2) is 8.25. The van der Waals surface area contributed by atoms with Gasteiger partial charge in [0.25, 0.3) is 5.91 Å². The van der Waals surface area contributed by atoms with E-state index in [0.29, 0.717) is 37.6 Å². The van der Waals surface area contributed by atoms with Crippen molar-refractivity contribution < 1.29 is 18.0 Å². The van der Waals surface area contributed by atoms with E-state index in [1.54, 1.807) is 15.9 Å². The van der Waals surface area contributed by atoms with Gasteiger partial charge in [-0.25, -0.2) is 9.97 Å². The molecular formula is C22H23F3N6O. The van der Waals surface area contributed by atoms with E-state index in [-0.39, 0.29) is 17.5 Å². The third-order valence-electron chi connectivity index (χ3n) is 5.48. The van der Waals surface area contributed by atoms with Gasteiger partial charge >= 0.3 is 6.18 Å². The smallest absolute Gasteiger partial charge is 0.353 e. The third kappa shape index (κ3) is 4.44. The number of anilines is 1. The molecule has 0 bridgehead atoms. The molecule has 2 aromatic heterocycles. The SMILES string of the molecule is Cc1ccc(C)c(-c2cc(C(=O)N3CCN(c4cc(C(F)(F)F)nc(C)n4)CC3)[nH]n2)c1. The largest absolute Gasteiger partial charge is 0.433 e. The van der Waals surface area contributed by atoms with Gasteiger partial charge in [-0.15, -0.1) is 0 Å². The molecule has 1 fully saturated rings. The Morgan fingerprint density at radius 2 is 1.72 bits per heavy atom. The predicted molar refractivity (Wildman–Crippen MR) is 113 cm³/mol. The second-order valence-corrected chi connectivity index (χ2v) is 7.92. The number of rotatable bonds is 3. The molecule has 0 atom stereocenters. The minimum atomic E-state index is -4.53. The first kappa shape index (κ1) is 21.8. The summed E-state index contributed by atoms with van der Waals surface area (Å²) in [6.07, 6.45) is -4.53. The van der Waals surface area contributed by atoms with Gasteiger partial charge < -0.3 is 9.80 Å². The molecule has 0 radical (unpaired) electrons. The molecule has 1 aliphatic heterocycles. The number of piperazine rings is 1. The van der Waals surface area contributed by atoms with Crippen molar-refractivity contribution in [1.29, 1.82) is 0 Å². The standard InChI is InChI=1S/C22H23F3N6O/c1-13-4-5-14(2)16(10-13)17-11-18(29-28-17)21(32)31-8-6-30(7-9-31)20-12-19(22(23,24)25)26-15(3)27-20/h4-5,10-12H,6-9H2,1-3H3,(H,28,29). The van der Waals surface area contributed by atoms with Gasteiger partial charge in [0.2, 0.25) is 0 Å². The summed E-state index contributed by atoms with van der Waals surface area (Å²) in [7, 11) is 0. The molecule has 1 aromatic carbocycles. The number of nitrogens with zero attached hydrogens (tertiary/aromatic N) is 5. The van der Waals surface area contributed by atoms with E-state index in [1.807, 2.05) is 32.0 Å². The maximum Gasteiger partial charge on any atom is 0.433 e. The second-order valence-electron chi connectivity index (χ2n) is 7.92. The molecule has 1 amide bonds. The molecule has 10 heteroatoms. The van der Waals surface area contributed by atoms with E-state index in [9.17, 15) is 18.0 Å². The summed E-state index contributed by atoms with van der Waals surface area (Å²) < 4.78 is 39.2. The third-order valence-corrected chi connectivity index (χ3v) is 5.48. The van der Waals surface area contributed by atoms with Crippen LogP contribution in [0, 0.1) is 20.8 Å². The number of aromatic nitrogens is 4. The summed E-state index contributed by atoms with van der Waals surface area (Å²) in [6, 6.07) is 8.75. The topological polar surface area (TPSA) is 78.0 Å². The number of benzene rings is 1. The van der Waals surface area contributed by atoms with Gasteiger partial charge in [0.15, 0.2) is 0 Å². The van der Waals surface area contributed by atoms with Crippen LogP contribution in [-0.4, -0.2) is 57.2 Å². The number of halogens is 3. The summed E-state index contributed by atoms with van der Waals surface area (Å²) in [5, 5.41) is 7.12. The molecule has 1 saturated heterocycles. The molecule has 3 heterocycles. The Hall–Kier alpha value is -3.43. The average molecular weight is 444 g/mol. The zero-order chi connectivity index (χ0) is 23.0. The molecule has 32 heavy (non-hydrogen) atoms. The van der Waals surface area contributed by atoms with Gasteiger partial charge in [0.1, 0.15) is 23.0 Å². The lowest BCUT2D eigenvalue weighted by Gasteiger charge is -2.35. The first-order valence-corrected chi connectivity index (χ1v) is 10.2. The highest BCUT2D eigenvalue weighted by molar-refractivity contribution is 5.93. The average Bonchev–Trinajstić information content (AvgIpc) is 3.24. The van der Waals surface area contributed by atoms with Crippen molar-refractivity contribution in [3.05, 3.63) is 58.7 Å². The fourth-order valence-corrected chi connectivity index (χ4v) is 3.75. The van der Waals surface area contributed by atoms with E-state index < -0.39 is 11.9 Å². The number of amides is 1. The van der Waals surface area contributed by atoms with E-state index >= 15 is 0 Å². The number of aryl methyl sites for hydroxylation is 3. The summed E-state index contributed by atoms with van der Waals surface area (Å²) >= 11 is 0. The Kier molecular flexibility index (Phi) is 5.62. The van der Waals surface area contributed by atoms with Crippen LogP contribution >= 0.6 is 0 Å². The predicted octanol–water partition coefficient (Wildman–Crippen LogP) is 3.77. The van der Waals surface area contributed by atoms with Crippen LogP contribution in [0.1, 0.15) is 33.1 Å². The van der Waals surface area contributed by atoms with E-state index in [4.69, 9.17) is 0 Å². The maximum atomic E-state index is 13.1. The lowest BCUT2D eigenvalue weighted by Crippen LogP contribution is -2.49. The Morgan fingerprint density at radius 1 is 1.00 bits per heavy atom. The van der Waals surface area contributed by atoms with Gasteiger partial charge in [-0.2, -0.15) is 18.3 Å². The summed E-state index contributed by atoms with van der Waals surface area (Å²) in [5.74, 6) is 0.0870. The minimum Gasteiger partial charge on any atom is -0.353 e. The highest BCUT2D eigenvalue weighted by Gasteiger charge is 2.34. The molecular weight excluding hydrogens is 421 g/mol. The van der Waals surface area contributed by atoms with Gasteiger partial charge in [0, 0.05) is 37.8 Å². The van der Waals surface area contributed by atoms with Crippen molar-refractivity contribution in [2.24, 2.45) is 0 Å². The van der Waals surface area contributed by atoms with E-state index in [0.717, 1.165) is 22.8 Å². The molecule has 0 aliphatic carbocycles. The van der Waals surface area contributed by atoms with Crippen LogP contribution in [0.25, 0.3) is 11.3 Å². The maximum absolute atomic E-state index is 13.1. The number of hydrogen-bond acceptors (Lipinski definition) is 5. The zero-order valence-corrected chi connectivity index (χ0v) is 18.0. The summed E-state index contributed by atoms with van der Waals surface area (Å²) in [4.78, 5) is 24.0. The fraction of sp³-hybridized carbons (Fsp3) is 0.364. The first-order valence-electron chi connectivity index (χ1n) is 10.2. The van der Waals surface area contributed by atoms with Crippen molar-refractivity contribution in [3.8, 4) is 11.3 Å². The van der Waals surface area contributed by atoms with E-state index in [2.05, 4.69) is 20.2 Å². The minimum absolute atomic E-state index is 0.0600. The molecule has 168 valence electrons. The number of carbonyl (C=O) groups excluding carboxylic acids is 1. The highest BCUT2D eigenvalue weighted by atomic mass is 19.4. The summed E-state index contributed by atoms with van der Waals surface area (Å²) in [6.45, 7) is 6.89. The highest BCUT2D eigenvalue weighted by Crippen LogP contribution is 2.30. The Balaban J connectivity index is 1.45. The zero-order valence-electron chi connectivity index (χ0n) is 18.0. The van der Waals surface area contributed by atoms with Crippen LogP contribution in [0.5, 0.6) is 0 Å². The van der Waals surface area contributed by atoms with Crippen LogP contribution in [-0.2, 0) is 6.18 Å². The van der Waals surface area contributed by atoms with Crippen LogP contribution in [0.2, 0.25) is 0 Å². The number of hydrogen-bond donors (Lipinski definition) is 1. The number of carbonyl (C=O) groups is 1. The van der Waals surface area contributed by atoms with Gasteiger partial charge in [-0.3, -0.25) is 9.89 Å². The summed E-state index contributed by atoms with van der Waals surface area (Å²) in [5.41, 5.74) is 3.25. The Labute approximate surface area is 183 Å². The van der Waals surface area contributed by atoms with Gasteiger partial charge in [0.05, 0.1) is 5.69 Å². The van der Waals surface area contributed by atoms with Crippen molar-refractivity contribution in [3.63, 3.8) is 0 Å². The molecule has 1 aliphatic rings. The fourth-order valence-electron chi connectivity index (χ4n) is 3.75. The van der Waals surface area contributed by atoms with Gasteiger partial charge in [-0.05, 0) is 38.5 Å². The molecule has 1 N–H and O–H groups in total. The monoisotopic (exact) mass is 444 g/mol. The lowest BCUT2D eigenvalue weighted by atomic mass is 10.0. The number of aromatic amines is 1. The number of alkyl halides is 3. The number of nitrogens with one attached hydrogen (secondary N) is 1. The normalized spacial score (nSPS) is 14.7. The quantitative estimate of drug-likeness (QED) is 0.665. The number of H-pyrrole nitrogens is 1. The molecule has 7 nitrogen and oxygen atoms in total. The Morgan fingerprint density at radius 3 is 2.41 bits per heavy atom. The molecule has 4 rings (SSSR count). The van der Waals surface area contributed by atoms with Crippen molar-refractivity contribution in [1.82, 2.24) is 25.1 Å². The van der Waals surface area contributed by atoms with E-state index in [1.165, 1.54) is 6.92 Å². The molecule has 0 saturated carbocycles. The molecule has 3 aromatic rings.